The van der Waals surface area contributed by atoms with E-state index >= 15 is 0 Å². The van der Waals surface area contributed by atoms with Crippen molar-refractivity contribution in [3.8, 4) is 0 Å². The Labute approximate surface area is 167 Å². The van der Waals surface area contributed by atoms with Gasteiger partial charge in [-0.25, -0.2) is 9.37 Å². The van der Waals surface area contributed by atoms with E-state index in [9.17, 15) is 18.8 Å². The molecule has 1 N–H and O–H groups in total. The number of halogens is 1. The highest BCUT2D eigenvalue weighted by atomic mass is 19.1. The third-order valence-corrected chi connectivity index (χ3v) is 5.71. The van der Waals surface area contributed by atoms with Gasteiger partial charge in [0.1, 0.15) is 11.6 Å². The number of H-pyrrole nitrogens is 1. The fraction of sp³-hybridized carbons (Fsp3) is 0.429. The molecule has 7 nitrogen and oxygen atoms in total. The van der Waals surface area contributed by atoms with Crippen molar-refractivity contribution in [2.75, 3.05) is 19.6 Å². The molecule has 1 saturated heterocycles. The Bertz CT molecular complexity index is 1020. The fourth-order valence-electron chi connectivity index (χ4n) is 4.06. The molecule has 0 radical (unpaired) electrons. The molecule has 0 aliphatic carbocycles. The molecule has 1 aromatic carbocycles. The van der Waals surface area contributed by atoms with Crippen molar-refractivity contribution in [2.24, 2.45) is 0 Å². The van der Waals surface area contributed by atoms with Gasteiger partial charge < -0.3 is 14.8 Å². The Balaban J connectivity index is 1.57. The molecule has 1 unspecified atom stereocenters. The molecule has 8 heteroatoms. The molecule has 2 amide bonds. The molecule has 1 fully saturated rings. The second kappa shape index (κ2) is 7.77. The van der Waals surface area contributed by atoms with E-state index in [1.165, 1.54) is 17.0 Å². The summed E-state index contributed by atoms with van der Waals surface area (Å²) in [6.07, 6.45) is 1.57. The lowest BCUT2D eigenvalue weighted by atomic mass is 10.0. The van der Waals surface area contributed by atoms with E-state index in [0.717, 1.165) is 6.42 Å². The van der Waals surface area contributed by atoms with E-state index in [4.69, 9.17) is 0 Å². The van der Waals surface area contributed by atoms with Gasteiger partial charge >= 0.3 is 0 Å². The lowest BCUT2D eigenvalue weighted by Crippen LogP contribution is -2.40. The average molecular weight is 398 g/mol. The first-order valence-electron chi connectivity index (χ1n) is 9.91. The molecule has 3 heterocycles. The summed E-state index contributed by atoms with van der Waals surface area (Å²) in [7, 11) is 0. The minimum atomic E-state index is -0.561. The van der Waals surface area contributed by atoms with Crippen LogP contribution in [0.2, 0.25) is 0 Å². The van der Waals surface area contributed by atoms with Crippen LogP contribution in [0.4, 0.5) is 4.39 Å². The van der Waals surface area contributed by atoms with E-state index in [1.54, 1.807) is 17.0 Å². The van der Waals surface area contributed by atoms with Gasteiger partial charge in [-0.3, -0.25) is 14.4 Å². The van der Waals surface area contributed by atoms with E-state index in [0.29, 0.717) is 49.6 Å². The van der Waals surface area contributed by atoms with Gasteiger partial charge in [-0.1, -0.05) is 19.1 Å². The van der Waals surface area contributed by atoms with Gasteiger partial charge in [-0.2, -0.15) is 0 Å². The van der Waals surface area contributed by atoms with Gasteiger partial charge in [0.2, 0.25) is 5.91 Å². The van der Waals surface area contributed by atoms with Crippen molar-refractivity contribution in [2.45, 2.75) is 38.6 Å². The number of benzene rings is 1. The number of carbonyl (C=O) groups excluding carboxylic acids is 2. The van der Waals surface area contributed by atoms with Gasteiger partial charge in [-0.05, 0) is 25.0 Å². The Hall–Kier alpha value is -3.03. The van der Waals surface area contributed by atoms with Crippen LogP contribution < -0.4 is 5.56 Å². The molecule has 0 spiro atoms. The first-order valence-corrected chi connectivity index (χ1v) is 9.91. The summed E-state index contributed by atoms with van der Waals surface area (Å²) in [5.74, 6) is -0.344. The quantitative estimate of drug-likeness (QED) is 0.855. The van der Waals surface area contributed by atoms with Crippen LogP contribution in [0.1, 0.15) is 53.1 Å². The lowest BCUT2D eigenvalue weighted by Gasteiger charge is -2.28. The fourth-order valence-corrected chi connectivity index (χ4v) is 4.06. The van der Waals surface area contributed by atoms with Gasteiger partial charge in [0.15, 0.2) is 0 Å². The third-order valence-electron chi connectivity index (χ3n) is 5.71. The van der Waals surface area contributed by atoms with E-state index < -0.39 is 11.7 Å². The Morgan fingerprint density at radius 2 is 2.03 bits per heavy atom. The predicted molar refractivity (Wildman–Crippen MR) is 104 cm³/mol. The van der Waals surface area contributed by atoms with Crippen LogP contribution >= 0.6 is 0 Å². The van der Waals surface area contributed by atoms with Gasteiger partial charge in [0.05, 0.1) is 17.8 Å². The molecule has 2 aliphatic heterocycles. The van der Waals surface area contributed by atoms with Crippen molar-refractivity contribution in [3.63, 3.8) is 0 Å². The molecule has 1 aromatic heterocycles. The molecular formula is C21H23FN4O3. The van der Waals surface area contributed by atoms with Crippen molar-refractivity contribution < 1.29 is 14.0 Å². The summed E-state index contributed by atoms with van der Waals surface area (Å²) < 4.78 is 14.0. The van der Waals surface area contributed by atoms with Crippen LogP contribution in [0.5, 0.6) is 0 Å². The minimum Gasteiger partial charge on any atom is -0.342 e. The van der Waals surface area contributed by atoms with Crippen LogP contribution in [0, 0.1) is 5.82 Å². The van der Waals surface area contributed by atoms with Crippen LogP contribution in [-0.4, -0.2) is 51.2 Å². The molecule has 0 saturated carbocycles. The first kappa shape index (κ1) is 19.3. The number of rotatable bonds is 3. The number of aromatic amines is 1. The van der Waals surface area contributed by atoms with Crippen LogP contribution in [-0.2, 0) is 17.8 Å². The van der Waals surface area contributed by atoms with Gasteiger partial charge in [-0.15, -0.1) is 0 Å². The van der Waals surface area contributed by atoms with Crippen LogP contribution in [0.25, 0.3) is 0 Å². The smallest absolute Gasteiger partial charge is 0.257 e. The van der Waals surface area contributed by atoms with E-state index in [-0.39, 0.29) is 29.5 Å². The van der Waals surface area contributed by atoms with Crippen molar-refractivity contribution >= 4 is 11.8 Å². The molecule has 1 atom stereocenters. The van der Waals surface area contributed by atoms with E-state index in [2.05, 4.69) is 9.97 Å². The molecule has 2 aromatic rings. The lowest BCUT2D eigenvalue weighted by molar-refractivity contribution is -0.129. The first-order chi connectivity index (χ1) is 14.0. The number of amides is 2. The normalized spacial score (nSPS) is 18.6. The number of likely N-dealkylation sites (tertiary alicyclic amines) is 1. The molecular weight excluding hydrogens is 375 g/mol. The van der Waals surface area contributed by atoms with Crippen molar-refractivity contribution in [1.29, 1.82) is 0 Å². The summed E-state index contributed by atoms with van der Waals surface area (Å²) >= 11 is 0. The maximum Gasteiger partial charge on any atom is 0.257 e. The summed E-state index contributed by atoms with van der Waals surface area (Å²) in [5.41, 5.74) is 0.958. The largest absolute Gasteiger partial charge is 0.342 e. The maximum atomic E-state index is 14.0. The Kier molecular flexibility index (Phi) is 5.17. The van der Waals surface area contributed by atoms with E-state index in [1.807, 2.05) is 6.92 Å². The van der Waals surface area contributed by atoms with Crippen molar-refractivity contribution in [3.05, 3.63) is 63.1 Å². The number of nitrogens with zero attached hydrogens (tertiary/aromatic N) is 3. The van der Waals surface area contributed by atoms with Crippen LogP contribution in [0.15, 0.2) is 29.1 Å². The zero-order valence-corrected chi connectivity index (χ0v) is 16.3. The summed E-state index contributed by atoms with van der Waals surface area (Å²) in [4.78, 5) is 48.1. The topological polar surface area (TPSA) is 86.4 Å². The Morgan fingerprint density at radius 3 is 2.79 bits per heavy atom. The summed E-state index contributed by atoms with van der Waals surface area (Å²) in [5, 5.41) is 0. The molecule has 152 valence electrons. The monoisotopic (exact) mass is 398 g/mol. The molecule has 29 heavy (non-hydrogen) atoms. The Morgan fingerprint density at radius 1 is 1.24 bits per heavy atom. The SMILES string of the molecule is CCC(=O)N1CCC(c2nc3c(c(=O)[nH]2)CCN(C(=O)c2ccccc2F)C3)C1. The highest BCUT2D eigenvalue weighted by Crippen LogP contribution is 2.26. The second-order valence-electron chi connectivity index (χ2n) is 7.51. The number of nitrogens with one attached hydrogen (secondary N) is 1. The maximum absolute atomic E-state index is 14.0. The zero-order valence-electron chi connectivity index (χ0n) is 16.3. The number of hydrogen-bond acceptors (Lipinski definition) is 4. The highest BCUT2D eigenvalue weighted by molar-refractivity contribution is 5.94. The predicted octanol–water partition coefficient (Wildman–Crippen LogP) is 1.83. The number of hydrogen-bond donors (Lipinski definition) is 1. The number of aromatic nitrogens is 2. The average Bonchev–Trinajstić information content (AvgIpc) is 3.23. The molecule has 4 rings (SSSR count). The summed E-state index contributed by atoms with van der Waals surface area (Å²) in [6.45, 7) is 3.52. The number of fused-ring (bicyclic) bond motifs is 1. The standard InChI is InChI=1S/C21H23FN4O3/c1-2-18(27)25-9-7-13(11-25)19-23-17-12-26(10-8-15(17)20(28)24-19)21(29)14-5-3-4-6-16(14)22/h3-6,13H,2,7-12H2,1H3,(H,23,24,28). The van der Waals surface area contributed by atoms with Gasteiger partial charge in [0, 0.05) is 37.5 Å². The third kappa shape index (κ3) is 3.66. The minimum absolute atomic E-state index is 0.0190. The second-order valence-corrected chi connectivity index (χ2v) is 7.51. The molecule has 0 bridgehead atoms. The molecule has 2 aliphatic rings. The summed E-state index contributed by atoms with van der Waals surface area (Å²) in [6, 6.07) is 5.88. The zero-order chi connectivity index (χ0) is 20.5. The van der Waals surface area contributed by atoms with Crippen LogP contribution in [0.3, 0.4) is 0 Å². The van der Waals surface area contributed by atoms with Crippen molar-refractivity contribution in [1.82, 2.24) is 19.8 Å². The number of carbonyl (C=O) groups is 2. The van der Waals surface area contributed by atoms with Gasteiger partial charge in [0.25, 0.3) is 11.5 Å². The highest BCUT2D eigenvalue weighted by Gasteiger charge is 2.31.